The van der Waals surface area contributed by atoms with Crippen molar-refractivity contribution < 1.29 is 9.90 Å². The molecule has 2 aromatic carbocycles. The van der Waals surface area contributed by atoms with Crippen molar-refractivity contribution in [2.24, 2.45) is 0 Å². The number of nitrogens with zero attached hydrogens (tertiary/aromatic N) is 1. The van der Waals surface area contributed by atoms with Crippen LogP contribution in [0.1, 0.15) is 27.0 Å². The van der Waals surface area contributed by atoms with E-state index in [1.165, 1.54) is 11.1 Å². The average Bonchev–Trinajstić information content (AvgIpc) is 2.70. The lowest BCUT2D eigenvalue weighted by atomic mass is 10.0. The second-order valence-corrected chi connectivity index (χ2v) is 5.56. The van der Waals surface area contributed by atoms with Gasteiger partial charge in [-0.25, -0.2) is 4.79 Å². The molecule has 2 aromatic rings. The maximum Gasteiger partial charge on any atom is 0.335 e. The predicted octanol–water partition coefficient (Wildman–Crippen LogP) is 3.30. The van der Waals surface area contributed by atoms with Gasteiger partial charge in [0.1, 0.15) is 0 Å². The molecule has 0 fully saturated rings. The summed E-state index contributed by atoms with van der Waals surface area (Å²) in [6.45, 7) is 3.94. The molecule has 0 unspecified atom stereocenters. The lowest BCUT2D eigenvalue weighted by Gasteiger charge is -2.24. The largest absolute Gasteiger partial charge is 0.478 e. The molecule has 3 nitrogen and oxygen atoms in total. The van der Waals surface area contributed by atoms with E-state index in [9.17, 15) is 4.79 Å². The summed E-state index contributed by atoms with van der Waals surface area (Å²) in [6.07, 6.45) is 2.08. The molecule has 1 N–H and O–H groups in total. The number of hydrogen-bond acceptors (Lipinski definition) is 2. The van der Waals surface area contributed by atoms with Gasteiger partial charge < -0.3 is 10.0 Å². The number of benzene rings is 2. The molecule has 3 heteroatoms. The Morgan fingerprint density at radius 3 is 2.19 bits per heavy atom. The summed E-state index contributed by atoms with van der Waals surface area (Å²) < 4.78 is 0. The van der Waals surface area contributed by atoms with Gasteiger partial charge in [0.15, 0.2) is 0 Å². The van der Waals surface area contributed by atoms with Gasteiger partial charge in [0, 0.05) is 18.8 Å². The maximum absolute atomic E-state index is 11.0. The Morgan fingerprint density at radius 2 is 1.67 bits per heavy atom. The fourth-order valence-corrected chi connectivity index (χ4v) is 3.05. The summed E-state index contributed by atoms with van der Waals surface area (Å²) in [5.74, 6) is -0.868. The van der Waals surface area contributed by atoms with E-state index in [0.29, 0.717) is 5.56 Å². The number of anilines is 1. The highest BCUT2D eigenvalue weighted by molar-refractivity contribution is 5.88. The zero-order valence-electron chi connectivity index (χ0n) is 12.2. The second kappa shape index (κ2) is 5.60. The second-order valence-electron chi connectivity index (χ2n) is 5.56. The van der Waals surface area contributed by atoms with E-state index in [4.69, 9.17) is 5.11 Å². The van der Waals surface area contributed by atoms with Crippen molar-refractivity contribution in [3.63, 3.8) is 0 Å². The van der Waals surface area contributed by atoms with Crippen LogP contribution in [0, 0.1) is 6.92 Å². The molecule has 108 valence electrons. The van der Waals surface area contributed by atoms with Crippen molar-refractivity contribution in [2.45, 2.75) is 19.8 Å². The third-order valence-corrected chi connectivity index (χ3v) is 4.20. The smallest absolute Gasteiger partial charge is 0.335 e. The maximum atomic E-state index is 11.0. The van der Waals surface area contributed by atoms with E-state index in [1.807, 2.05) is 13.0 Å². The molecule has 21 heavy (non-hydrogen) atoms. The van der Waals surface area contributed by atoms with E-state index in [1.54, 1.807) is 12.1 Å². The minimum atomic E-state index is -0.868. The van der Waals surface area contributed by atoms with Crippen LogP contribution < -0.4 is 4.90 Å². The van der Waals surface area contributed by atoms with E-state index in [2.05, 4.69) is 29.2 Å². The Balaban J connectivity index is 1.84. The van der Waals surface area contributed by atoms with Gasteiger partial charge in [-0.2, -0.15) is 0 Å². The molecule has 0 aromatic heterocycles. The van der Waals surface area contributed by atoms with Gasteiger partial charge in [-0.1, -0.05) is 24.3 Å². The zero-order chi connectivity index (χ0) is 14.8. The van der Waals surface area contributed by atoms with Gasteiger partial charge in [0.05, 0.1) is 5.56 Å². The van der Waals surface area contributed by atoms with Crippen LogP contribution >= 0.6 is 0 Å². The fourth-order valence-electron chi connectivity index (χ4n) is 3.05. The number of rotatable bonds is 2. The van der Waals surface area contributed by atoms with E-state index >= 15 is 0 Å². The zero-order valence-corrected chi connectivity index (χ0v) is 12.2. The molecule has 0 spiro atoms. The highest BCUT2D eigenvalue weighted by Gasteiger charge is 2.16. The molecule has 0 saturated carbocycles. The summed E-state index contributed by atoms with van der Waals surface area (Å²) >= 11 is 0. The van der Waals surface area contributed by atoms with E-state index < -0.39 is 5.97 Å². The first-order valence-corrected chi connectivity index (χ1v) is 7.31. The molecule has 3 rings (SSSR count). The monoisotopic (exact) mass is 281 g/mol. The van der Waals surface area contributed by atoms with Gasteiger partial charge >= 0.3 is 5.97 Å². The number of hydrogen-bond donors (Lipinski definition) is 1. The first kappa shape index (κ1) is 13.7. The average molecular weight is 281 g/mol. The van der Waals surface area contributed by atoms with Crippen LogP contribution in [-0.4, -0.2) is 24.2 Å². The molecule has 0 saturated heterocycles. The Morgan fingerprint density at radius 1 is 1.05 bits per heavy atom. The summed E-state index contributed by atoms with van der Waals surface area (Å²) in [7, 11) is 0. The van der Waals surface area contributed by atoms with Crippen LogP contribution in [0.2, 0.25) is 0 Å². The molecule has 0 radical (unpaired) electrons. The van der Waals surface area contributed by atoms with Gasteiger partial charge in [-0.05, 0) is 54.7 Å². The Kier molecular flexibility index (Phi) is 3.65. The third kappa shape index (κ3) is 2.77. The number of carbonyl (C=O) groups is 1. The van der Waals surface area contributed by atoms with Crippen molar-refractivity contribution in [1.82, 2.24) is 0 Å². The summed E-state index contributed by atoms with van der Waals surface area (Å²) in [5.41, 5.74) is 5.39. The Bertz CT molecular complexity index is 652. The molecule has 0 aliphatic carbocycles. The fraction of sp³-hybridized carbons (Fsp3) is 0.278. The number of aromatic carboxylic acids is 1. The molecule has 1 aliphatic heterocycles. The Labute approximate surface area is 124 Å². The van der Waals surface area contributed by atoms with Gasteiger partial charge in [0.2, 0.25) is 0 Å². The minimum Gasteiger partial charge on any atom is -0.478 e. The van der Waals surface area contributed by atoms with Gasteiger partial charge in [0.25, 0.3) is 0 Å². The first-order valence-electron chi connectivity index (χ1n) is 7.31. The molecule has 0 amide bonds. The lowest BCUT2D eigenvalue weighted by molar-refractivity contribution is 0.0697. The van der Waals surface area contributed by atoms with Crippen LogP contribution in [-0.2, 0) is 12.8 Å². The van der Waals surface area contributed by atoms with E-state index in [-0.39, 0.29) is 0 Å². The van der Waals surface area contributed by atoms with Crippen molar-refractivity contribution in [3.8, 4) is 0 Å². The van der Waals surface area contributed by atoms with Gasteiger partial charge in [-0.3, -0.25) is 0 Å². The van der Waals surface area contributed by atoms with Crippen molar-refractivity contribution >= 4 is 11.7 Å². The van der Waals surface area contributed by atoms with Crippen LogP contribution in [0.4, 0.5) is 5.69 Å². The summed E-state index contributed by atoms with van der Waals surface area (Å²) in [6, 6.07) is 14.0. The number of aryl methyl sites for hydroxylation is 1. The molecule has 0 atom stereocenters. The van der Waals surface area contributed by atoms with Crippen LogP contribution in [0.3, 0.4) is 0 Å². The highest BCUT2D eigenvalue weighted by Crippen LogP contribution is 2.25. The summed E-state index contributed by atoms with van der Waals surface area (Å²) in [5, 5.41) is 9.06. The van der Waals surface area contributed by atoms with Crippen LogP contribution in [0.25, 0.3) is 0 Å². The van der Waals surface area contributed by atoms with E-state index in [0.717, 1.165) is 37.2 Å². The van der Waals surface area contributed by atoms with Crippen molar-refractivity contribution in [3.05, 3.63) is 64.7 Å². The standard InChI is InChI=1S/C18H19NO2/c1-13-12-16(18(20)21)6-7-17(13)19-10-8-14-4-2-3-5-15(14)9-11-19/h2-7,12H,8-11H2,1H3,(H,20,21). The first-order chi connectivity index (χ1) is 10.1. The molecule has 1 aliphatic rings. The highest BCUT2D eigenvalue weighted by atomic mass is 16.4. The normalized spacial score (nSPS) is 14.4. The van der Waals surface area contributed by atoms with Gasteiger partial charge in [-0.15, -0.1) is 0 Å². The third-order valence-electron chi connectivity index (χ3n) is 4.20. The predicted molar refractivity (Wildman–Crippen MR) is 84.2 cm³/mol. The van der Waals surface area contributed by atoms with Crippen molar-refractivity contribution in [2.75, 3.05) is 18.0 Å². The summed E-state index contributed by atoms with van der Waals surface area (Å²) in [4.78, 5) is 13.4. The quantitative estimate of drug-likeness (QED) is 0.918. The minimum absolute atomic E-state index is 0.356. The number of carboxylic acid groups (broad SMARTS) is 1. The lowest BCUT2D eigenvalue weighted by Crippen LogP contribution is -2.26. The topological polar surface area (TPSA) is 40.5 Å². The molecular formula is C18H19NO2. The number of carboxylic acids is 1. The Hall–Kier alpha value is -2.29. The molecule has 0 bridgehead atoms. The van der Waals surface area contributed by atoms with Crippen LogP contribution in [0.5, 0.6) is 0 Å². The van der Waals surface area contributed by atoms with Crippen LogP contribution in [0.15, 0.2) is 42.5 Å². The molecular weight excluding hydrogens is 262 g/mol. The SMILES string of the molecule is Cc1cc(C(=O)O)ccc1N1CCc2ccccc2CC1. The molecule has 1 heterocycles. The number of fused-ring (bicyclic) bond motifs is 1. The van der Waals surface area contributed by atoms with Crippen molar-refractivity contribution in [1.29, 1.82) is 0 Å².